The molecule has 2 amide bonds. The van der Waals surface area contributed by atoms with Gasteiger partial charge in [-0.3, -0.25) is 13.9 Å². The van der Waals surface area contributed by atoms with Crippen LogP contribution >= 0.6 is 0 Å². The van der Waals surface area contributed by atoms with E-state index in [1.54, 1.807) is 66.7 Å². The van der Waals surface area contributed by atoms with Crippen LogP contribution in [0, 0.1) is 5.82 Å². The minimum Gasteiger partial charge on any atom is -0.495 e. The summed E-state index contributed by atoms with van der Waals surface area (Å²) in [5.74, 6) is -0.653. The Morgan fingerprint density at radius 1 is 0.881 bits per heavy atom. The smallest absolute Gasteiger partial charge is 0.264 e. The lowest BCUT2D eigenvalue weighted by molar-refractivity contribution is -0.119. The molecule has 0 spiro atoms. The molecule has 0 bridgehead atoms. The second-order valence-corrected chi connectivity index (χ2v) is 10.6. The van der Waals surface area contributed by atoms with Gasteiger partial charge in [0.1, 0.15) is 23.9 Å². The molecule has 4 rings (SSSR count). The summed E-state index contributed by atoms with van der Waals surface area (Å²) in [4.78, 5) is 24.9. The largest absolute Gasteiger partial charge is 0.495 e. The van der Waals surface area contributed by atoms with E-state index in [2.05, 4.69) is 15.8 Å². The van der Waals surface area contributed by atoms with Gasteiger partial charge >= 0.3 is 0 Å². The molecule has 0 aliphatic rings. The van der Waals surface area contributed by atoms with Crippen LogP contribution in [0.5, 0.6) is 11.5 Å². The normalized spacial score (nSPS) is 11.1. The van der Waals surface area contributed by atoms with Gasteiger partial charge < -0.3 is 14.8 Å². The number of sulfonamides is 1. The fourth-order valence-corrected chi connectivity index (χ4v) is 5.16. The van der Waals surface area contributed by atoms with Crippen molar-refractivity contribution in [2.24, 2.45) is 5.10 Å². The highest BCUT2D eigenvalue weighted by Gasteiger charge is 2.27. The predicted molar refractivity (Wildman–Crippen MR) is 157 cm³/mol. The maximum atomic E-state index is 13.5. The van der Waals surface area contributed by atoms with Gasteiger partial charge in [0.05, 0.1) is 29.6 Å². The standard InChI is InChI=1S/C30H27FN4O6S/c1-40-28-10-6-5-9-27(28)33-30(37)21-41-25-17-11-22(12-18-25)19-32-34-29(36)20-35(24-15-13-23(31)14-16-24)42(38,39)26-7-3-2-4-8-26/h2-19H,20-21H2,1H3,(H,33,37)(H,34,36)/b32-19+. The first-order valence-corrected chi connectivity index (χ1v) is 14.0. The number of ether oxygens (including phenoxy) is 2. The Kier molecular flexibility index (Phi) is 9.85. The number of hydrogen-bond donors (Lipinski definition) is 2. The van der Waals surface area contributed by atoms with Crippen LogP contribution < -0.4 is 24.5 Å². The summed E-state index contributed by atoms with van der Waals surface area (Å²) in [6.07, 6.45) is 1.37. The van der Waals surface area contributed by atoms with Gasteiger partial charge in [-0.05, 0) is 78.4 Å². The molecule has 0 unspecified atom stereocenters. The van der Waals surface area contributed by atoms with Crippen molar-refractivity contribution in [2.75, 3.05) is 29.9 Å². The number of para-hydroxylation sites is 2. The molecular formula is C30H27FN4O6S. The van der Waals surface area contributed by atoms with Crippen LogP contribution in [0.2, 0.25) is 0 Å². The van der Waals surface area contributed by atoms with E-state index in [-0.39, 0.29) is 23.1 Å². The number of nitrogens with zero attached hydrogens (tertiary/aromatic N) is 2. The molecule has 216 valence electrons. The van der Waals surface area contributed by atoms with Gasteiger partial charge in [0.15, 0.2) is 6.61 Å². The number of nitrogens with one attached hydrogen (secondary N) is 2. The van der Waals surface area contributed by atoms with E-state index in [0.717, 1.165) is 16.4 Å². The van der Waals surface area contributed by atoms with Crippen LogP contribution in [0.25, 0.3) is 0 Å². The molecule has 0 aliphatic heterocycles. The van der Waals surface area contributed by atoms with Crippen molar-refractivity contribution in [1.82, 2.24) is 5.43 Å². The molecule has 0 saturated heterocycles. The van der Waals surface area contributed by atoms with Crippen molar-refractivity contribution in [2.45, 2.75) is 4.90 Å². The Bertz CT molecular complexity index is 1650. The third-order valence-corrected chi connectivity index (χ3v) is 7.56. The molecule has 10 nitrogen and oxygen atoms in total. The van der Waals surface area contributed by atoms with Crippen LogP contribution in [0.3, 0.4) is 0 Å². The zero-order chi connectivity index (χ0) is 30.0. The number of hydrazone groups is 1. The van der Waals surface area contributed by atoms with E-state index in [9.17, 15) is 22.4 Å². The summed E-state index contributed by atoms with van der Waals surface area (Å²) in [6, 6.07) is 26.0. The van der Waals surface area contributed by atoms with Crippen molar-refractivity contribution in [3.63, 3.8) is 0 Å². The van der Waals surface area contributed by atoms with E-state index >= 15 is 0 Å². The van der Waals surface area contributed by atoms with Gasteiger partial charge in [0.2, 0.25) is 0 Å². The number of halogens is 1. The van der Waals surface area contributed by atoms with Gasteiger partial charge in [-0.2, -0.15) is 5.10 Å². The van der Waals surface area contributed by atoms with Crippen LogP contribution in [-0.4, -0.2) is 46.7 Å². The number of carbonyl (C=O) groups excluding carboxylic acids is 2. The molecule has 0 heterocycles. The average molecular weight is 591 g/mol. The Morgan fingerprint density at radius 2 is 1.55 bits per heavy atom. The molecule has 2 N–H and O–H groups in total. The van der Waals surface area contributed by atoms with E-state index in [4.69, 9.17) is 9.47 Å². The van der Waals surface area contributed by atoms with E-state index in [0.29, 0.717) is 22.7 Å². The minimum absolute atomic E-state index is 0.0230. The van der Waals surface area contributed by atoms with Gasteiger partial charge in [-0.1, -0.05) is 30.3 Å². The molecule has 42 heavy (non-hydrogen) atoms. The monoisotopic (exact) mass is 590 g/mol. The summed E-state index contributed by atoms with van der Waals surface area (Å²) in [5.41, 5.74) is 3.56. The third-order valence-electron chi connectivity index (χ3n) is 5.77. The van der Waals surface area contributed by atoms with Crippen molar-refractivity contribution in [1.29, 1.82) is 0 Å². The maximum absolute atomic E-state index is 13.5. The number of hydrogen-bond acceptors (Lipinski definition) is 7. The fraction of sp³-hybridized carbons (Fsp3) is 0.100. The molecular weight excluding hydrogens is 563 g/mol. The Balaban J connectivity index is 1.33. The fourth-order valence-electron chi connectivity index (χ4n) is 3.72. The zero-order valence-corrected chi connectivity index (χ0v) is 23.3. The number of anilines is 2. The Hall–Kier alpha value is -5.23. The number of carbonyl (C=O) groups is 2. The SMILES string of the molecule is COc1ccccc1NC(=O)COc1ccc(/C=N/NC(=O)CN(c2ccc(F)cc2)S(=O)(=O)c2ccccc2)cc1. The highest BCUT2D eigenvalue weighted by Crippen LogP contribution is 2.24. The average Bonchev–Trinajstić information content (AvgIpc) is 3.00. The highest BCUT2D eigenvalue weighted by molar-refractivity contribution is 7.92. The summed E-state index contributed by atoms with van der Waals surface area (Å²) in [7, 11) is -2.62. The lowest BCUT2D eigenvalue weighted by atomic mass is 10.2. The summed E-state index contributed by atoms with van der Waals surface area (Å²) >= 11 is 0. The Labute approximate surface area is 242 Å². The topological polar surface area (TPSA) is 126 Å². The van der Waals surface area contributed by atoms with Crippen molar-refractivity contribution in [3.05, 3.63) is 115 Å². The number of rotatable bonds is 12. The summed E-state index contributed by atoms with van der Waals surface area (Å²) in [6.45, 7) is -0.818. The summed E-state index contributed by atoms with van der Waals surface area (Å²) < 4.78 is 51.6. The first-order valence-electron chi connectivity index (χ1n) is 12.6. The number of amides is 2. The highest BCUT2D eigenvalue weighted by atomic mass is 32.2. The molecule has 0 saturated carbocycles. The van der Waals surface area contributed by atoms with E-state index < -0.39 is 28.3 Å². The maximum Gasteiger partial charge on any atom is 0.264 e. The van der Waals surface area contributed by atoms with Crippen LogP contribution in [0.4, 0.5) is 15.8 Å². The molecule has 0 aliphatic carbocycles. The van der Waals surface area contributed by atoms with Crippen LogP contribution in [0.15, 0.2) is 113 Å². The van der Waals surface area contributed by atoms with Crippen LogP contribution in [0.1, 0.15) is 5.56 Å². The minimum atomic E-state index is -4.13. The van der Waals surface area contributed by atoms with E-state index in [1.807, 2.05) is 0 Å². The van der Waals surface area contributed by atoms with E-state index in [1.165, 1.54) is 37.6 Å². The third kappa shape index (κ3) is 7.92. The lowest BCUT2D eigenvalue weighted by Gasteiger charge is -2.23. The van der Waals surface area contributed by atoms with Crippen molar-refractivity contribution in [3.8, 4) is 11.5 Å². The molecule has 12 heteroatoms. The first kappa shape index (κ1) is 29.7. The van der Waals surface area contributed by atoms with Gasteiger partial charge in [0, 0.05) is 0 Å². The second kappa shape index (κ2) is 13.9. The molecule has 4 aromatic rings. The molecule has 0 atom stereocenters. The number of methoxy groups -OCH3 is 1. The zero-order valence-electron chi connectivity index (χ0n) is 22.4. The molecule has 0 aromatic heterocycles. The molecule has 0 radical (unpaired) electrons. The van der Waals surface area contributed by atoms with Gasteiger partial charge in [0.25, 0.3) is 21.8 Å². The van der Waals surface area contributed by atoms with Crippen molar-refractivity contribution >= 4 is 39.4 Å². The quantitative estimate of drug-likeness (QED) is 0.188. The number of benzene rings is 4. The molecule has 4 aromatic carbocycles. The molecule has 0 fully saturated rings. The second-order valence-electron chi connectivity index (χ2n) is 8.70. The van der Waals surface area contributed by atoms with Gasteiger partial charge in [-0.15, -0.1) is 0 Å². The van der Waals surface area contributed by atoms with Gasteiger partial charge in [-0.25, -0.2) is 18.2 Å². The van der Waals surface area contributed by atoms with Crippen LogP contribution in [-0.2, 0) is 19.6 Å². The summed E-state index contributed by atoms with van der Waals surface area (Å²) in [5, 5.41) is 6.62. The van der Waals surface area contributed by atoms with Crippen molar-refractivity contribution < 1.29 is 31.9 Å². The first-order chi connectivity index (χ1) is 20.3. The predicted octanol–water partition coefficient (Wildman–Crippen LogP) is 4.20. The lowest BCUT2D eigenvalue weighted by Crippen LogP contribution is -2.39. The Morgan fingerprint density at radius 3 is 2.24 bits per heavy atom.